The van der Waals surface area contributed by atoms with Crippen LogP contribution in [0.1, 0.15) is 42.5 Å². The van der Waals surface area contributed by atoms with E-state index in [1.165, 1.54) is 11.1 Å². The number of ether oxygens (including phenoxy) is 1. The number of hydrogen-bond acceptors (Lipinski definition) is 2. The standard InChI is InChI=1S/C15H21NO2/c1-10-6-7-13(9-11(10)2)12(3)16-15(17)14-5-4-8-18-14/h6-7,9,12,14H,4-5,8H2,1-3H3,(H,16,17)/t12-,14-/m0/s1. The van der Waals surface area contributed by atoms with Crippen LogP contribution < -0.4 is 5.32 Å². The largest absolute Gasteiger partial charge is 0.368 e. The fourth-order valence-corrected chi connectivity index (χ4v) is 2.21. The summed E-state index contributed by atoms with van der Waals surface area (Å²) in [5, 5.41) is 3.02. The van der Waals surface area contributed by atoms with Crippen LogP contribution in [0.25, 0.3) is 0 Å². The van der Waals surface area contributed by atoms with E-state index < -0.39 is 0 Å². The van der Waals surface area contributed by atoms with Gasteiger partial charge in [-0.2, -0.15) is 0 Å². The van der Waals surface area contributed by atoms with Gasteiger partial charge in [-0.15, -0.1) is 0 Å². The molecule has 0 bridgehead atoms. The van der Waals surface area contributed by atoms with E-state index in [0.29, 0.717) is 6.61 Å². The molecule has 2 atom stereocenters. The number of nitrogens with one attached hydrogen (secondary N) is 1. The molecule has 18 heavy (non-hydrogen) atoms. The van der Waals surface area contributed by atoms with Gasteiger partial charge >= 0.3 is 0 Å². The maximum atomic E-state index is 11.9. The molecule has 0 spiro atoms. The van der Waals surface area contributed by atoms with Crippen LogP contribution in [0.15, 0.2) is 18.2 Å². The second-order valence-electron chi connectivity index (χ2n) is 5.08. The Hall–Kier alpha value is -1.35. The van der Waals surface area contributed by atoms with Gasteiger partial charge in [-0.1, -0.05) is 18.2 Å². The van der Waals surface area contributed by atoms with Gasteiger partial charge in [0.05, 0.1) is 6.04 Å². The number of carbonyl (C=O) groups excluding carboxylic acids is 1. The quantitative estimate of drug-likeness (QED) is 0.891. The smallest absolute Gasteiger partial charge is 0.249 e. The second-order valence-corrected chi connectivity index (χ2v) is 5.08. The third kappa shape index (κ3) is 2.91. The monoisotopic (exact) mass is 247 g/mol. The van der Waals surface area contributed by atoms with E-state index in [-0.39, 0.29) is 18.1 Å². The van der Waals surface area contributed by atoms with Crippen molar-refractivity contribution in [2.24, 2.45) is 0 Å². The summed E-state index contributed by atoms with van der Waals surface area (Å²) in [6.45, 7) is 6.90. The van der Waals surface area contributed by atoms with Crippen molar-refractivity contribution in [3.8, 4) is 0 Å². The molecular weight excluding hydrogens is 226 g/mol. The molecule has 0 radical (unpaired) electrons. The Kier molecular flexibility index (Phi) is 4.02. The van der Waals surface area contributed by atoms with E-state index in [9.17, 15) is 4.79 Å². The van der Waals surface area contributed by atoms with Crippen LogP contribution >= 0.6 is 0 Å². The number of aryl methyl sites for hydroxylation is 2. The predicted octanol–water partition coefficient (Wildman–Crippen LogP) is 2.66. The van der Waals surface area contributed by atoms with Crippen molar-refractivity contribution in [1.29, 1.82) is 0 Å². The minimum absolute atomic E-state index is 0.0122. The average Bonchev–Trinajstić information content (AvgIpc) is 2.86. The molecule has 2 rings (SSSR count). The Labute approximate surface area is 109 Å². The van der Waals surface area contributed by atoms with Crippen molar-refractivity contribution in [3.05, 3.63) is 34.9 Å². The number of hydrogen-bond donors (Lipinski definition) is 1. The zero-order valence-electron chi connectivity index (χ0n) is 11.3. The Morgan fingerprint density at radius 1 is 1.39 bits per heavy atom. The van der Waals surface area contributed by atoms with Gasteiger partial charge in [0.25, 0.3) is 0 Å². The van der Waals surface area contributed by atoms with E-state index >= 15 is 0 Å². The minimum atomic E-state index is -0.251. The van der Waals surface area contributed by atoms with E-state index in [4.69, 9.17) is 4.74 Å². The van der Waals surface area contributed by atoms with E-state index in [2.05, 4.69) is 37.4 Å². The normalized spacial score (nSPS) is 20.7. The number of carbonyl (C=O) groups is 1. The minimum Gasteiger partial charge on any atom is -0.368 e. The fraction of sp³-hybridized carbons (Fsp3) is 0.533. The summed E-state index contributed by atoms with van der Waals surface area (Å²) in [5.74, 6) is 0.0122. The highest BCUT2D eigenvalue weighted by Gasteiger charge is 2.24. The van der Waals surface area contributed by atoms with Crippen molar-refractivity contribution in [2.45, 2.75) is 45.8 Å². The lowest BCUT2D eigenvalue weighted by atomic mass is 10.0. The van der Waals surface area contributed by atoms with Crippen molar-refractivity contribution in [3.63, 3.8) is 0 Å². The van der Waals surface area contributed by atoms with Gasteiger partial charge in [-0.3, -0.25) is 4.79 Å². The molecule has 1 aromatic carbocycles. The van der Waals surface area contributed by atoms with E-state index in [1.807, 2.05) is 6.92 Å². The first-order chi connectivity index (χ1) is 8.58. The lowest BCUT2D eigenvalue weighted by molar-refractivity contribution is -0.130. The van der Waals surface area contributed by atoms with Crippen LogP contribution in [0.2, 0.25) is 0 Å². The third-order valence-corrected chi connectivity index (χ3v) is 3.61. The summed E-state index contributed by atoms with van der Waals surface area (Å²) in [6, 6.07) is 6.33. The molecule has 1 aromatic rings. The number of benzene rings is 1. The SMILES string of the molecule is Cc1ccc([C@H](C)NC(=O)[C@@H]2CCCO2)cc1C. The lowest BCUT2D eigenvalue weighted by Gasteiger charge is -2.18. The molecule has 1 amide bonds. The van der Waals surface area contributed by atoms with Crippen molar-refractivity contribution >= 4 is 5.91 Å². The first-order valence-corrected chi connectivity index (χ1v) is 6.57. The first-order valence-electron chi connectivity index (χ1n) is 6.57. The van der Waals surface area contributed by atoms with E-state index in [0.717, 1.165) is 18.4 Å². The maximum absolute atomic E-state index is 11.9. The molecule has 1 N–H and O–H groups in total. The Balaban J connectivity index is 2.00. The zero-order valence-corrected chi connectivity index (χ0v) is 11.3. The Morgan fingerprint density at radius 2 is 2.17 bits per heavy atom. The molecule has 0 aliphatic carbocycles. The summed E-state index contributed by atoms with van der Waals surface area (Å²) in [6.07, 6.45) is 1.57. The predicted molar refractivity (Wildman–Crippen MR) is 71.4 cm³/mol. The van der Waals surface area contributed by atoms with Crippen LogP contribution in [-0.4, -0.2) is 18.6 Å². The summed E-state index contributed by atoms with van der Waals surface area (Å²) in [4.78, 5) is 11.9. The zero-order chi connectivity index (χ0) is 13.1. The van der Waals surface area contributed by atoms with Crippen molar-refractivity contribution in [2.75, 3.05) is 6.61 Å². The van der Waals surface area contributed by atoms with Crippen LogP contribution in [0, 0.1) is 13.8 Å². The highest BCUT2D eigenvalue weighted by Crippen LogP contribution is 2.18. The molecule has 1 aliphatic rings. The molecule has 98 valence electrons. The van der Waals surface area contributed by atoms with Crippen LogP contribution in [0.4, 0.5) is 0 Å². The average molecular weight is 247 g/mol. The molecule has 1 aliphatic heterocycles. The molecule has 3 heteroatoms. The van der Waals surface area contributed by atoms with Crippen molar-refractivity contribution < 1.29 is 9.53 Å². The van der Waals surface area contributed by atoms with Crippen LogP contribution in [-0.2, 0) is 9.53 Å². The van der Waals surface area contributed by atoms with Gasteiger partial charge < -0.3 is 10.1 Å². The van der Waals surface area contributed by atoms with Crippen LogP contribution in [0.5, 0.6) is 0 Å². The molecule has 0 aromatic heterocycles. The summed E-state index contributed by atoms with van der Waals surface area (Å²) < 4.78 is 5.38. The fourth-order valence-electron chi connectivity index (χ4n) is 2.21. The van der Waals surface area contributed by atoms with Gasteiger partial charge in [0.1, 0.15) is 6.10 Å². The number of amides is 1. The highest BCUT2D eigenvalue weighted by atomic mass is 16.5. The van der Waals surface area contributed by atoms with Crippen molar-refractivity contribution in [1.82, 2.24) is 5.32 Å². The maximum Gasteiger partial charge on any atom is 0.249 e. The molecule has 3 nitrogen and oxygen atoms in total. The second kappa shape index (κ2) is 5.53. The molecule has 1 fully saturated rings. The van der Waals surface area contributed by atoms with Gasteiger partial charge in [0.2, 0.25) is 5.91 Å². The summed E-state index contributed by atoms with van der Waals surface area (Å²) in [5.41, 5.74) is 3.67. The van der Waals surface area contributed by atoms with Gasteiger partial charge in [-0.05, 0) is 50.3 Å². The Bertz CT molecular complexity index is 436. The molecule has 1 heterocycles. The number of rotatable bonds is 3. The third-order valence-electron chi connectivity index (χ3n) is 3.61. The molecule has 0 saturated carbocycles. The summed E-state index contributed by atoms with van der Waals surface area (Å²) >= 11 is 0. The van der Waals surface area contributed by atoms with Crippen LogP contribution in [0.3, 0.4) is 0 Å². The topological polar surface area (TPSA) is 38.3 Å². The highest BCUT2D eigenvalue weighted by molar-refractivity contribution is 5.81. The molecular formula is C15H21NO2. The van der Waals surface area contributed by atoms with Gasteiger partial charge in [-0.25, -0.2) is 0 Å². The summed E-state index contributed by atoms with van der Waals surface area (Å²) in [7, 11) is 0. The van der Waals surface area contributed by atoms with Gasteiger partial charge in [0.15, 0.2) is 0 Å². The molecule has 1 saturated heterocycles. The van der Waals surface area contributed by atoms with E-state index in [1.54, 1.807) is 0 Å². The Morgan fingerprint density at radius 3 is 2.78 bits per heavy atom. The van der Waals surface area contributed by atoms with Gasteiger partial charge in [0, 0.05) is 6.61 Å². The lowest BCUT2D eigenvalue weighted by Crippen LogP contribution is -2.35. The molecule has 0 unspecified atom stereocenters. The first kappa shape index (κ1) is 13.1.